The number of nitrogens with one attached hydrogen (secondary N) is 11. The minimum absolute atomic E-state index is 0. The van der Waals surface area contributed by atoms with E-state index >= 15 is 0 Å². The van der Waals surface area contributed by atoms with Gasteiger partial charge >= 0.3 is 0 Å². The summed E-state index contributed by atoms with van der Waals surface area (Å²) < 4.78 is 0. The maximum atomic E-state index is 12.1. The summed E-state index contributed by atoms with van der Waals surface area (Å²) >= 11 is 0. The van der Waals surface area contributed by atoms with Crippen LogP contribution in [0.5, 0.6) is 0 Å². The highest BCUT2D eigenvalue weighted by atomic mass is 16.2. The van der Waals surface area contributed by atoms with Crippen molar-refractivity contribution in [3.05, 3.63) is 224 Å². The van der Waals surface area contributed by atoms with Crippen molar-refractivity contribution in [2.75, 3.05) is 16.0 Å². The zero-order valence-corrected chi connectivity index (χ0v) is 70.7. The van der Waals surface area contributed by atoms with E-state index in [0.717, 1.165) is 71.7 Å². The number of aromatic amines is 8. The number of carbonyl (C=O) groups is 8. The number of pyridine rings is 8. The van der Waals surface area contributed by atoms with Gasteiger partial charge < -0.3 is 58.8 Å². The molecular formula is C101H115N31O8. The maximum absolute atomic E-state index is 12.1. The second kappa shape index (κ2) is 45.7. The Balaban J connectivity index is 0.000000224. The minimum Gasteiger partial charge on any atom is -0.366 e. The van der Waals surface area contributed by atoms with Gasteiger partial charge in [0.2, 0.25) is 17.7 Å². The Morgan fingerprint density at radius 1 is 0.329 bits per heavy atom. The van der Waals surface area contributed by atoms with Gasteiger partial charge in [-0.1, -0.05) is 139 Å². The van der Waals surface area contributed by atoms with E-state index in [1.165, 1.54) is 0 Å². The number of rotatable bonds is 22. The molecule has 39 nitrogen and oxygen atoms in total. The van der Waals surface area contributed by atoms with Gasteiger partial charge in [0, 0.05) is 131 Å². The molecule has 0 spiro atoms. The maximum Gasteiger partial charge on any atom is 0.250 e. The van der Waals surface area contributed by atoms with Crippen molar-refractivity contribution in [1.29, 1.82) is 0 Å². The first-order chi connectivity index (χ1) is 63.3. The molecule has 0 atom stereocenters. The highest BCUT2D eigenvalue weighted by molar-refractivity contribution is 6.09. The molecule has 0 saturated carbocycles. The molecule has 0 saturated heterocycles. The van der Waals surface area contributed by atoms with Gasteiger partial charge in [0.15, 0.2) is 45.9 Å². The van der Waals surface area contributed by atoms with Crippen LogP contribution in [0.15, 0.2) is 196 Å². The minimum atomic E-state index is -0.547. The van der Waals surface area contributed by atoms with E-state index < -0.39 is 23.6 Å². The van der Waals surface area contributed by atoms with E-state index in [9.17, 15) is 38.4 Å². The molecule has 16 aromatic heterocycles. The second-order valence-electron chi connectivity index (χ2n) is 31.1. The molecule has 0 fully saturated rings. The fourth-order valence-electron chi connectivity index (χ4n) is 14.5. The lowest BCUT2D eigenvalue weighted by atomic mass is 10.1. The van der Waals surface area contributed by atoms with E-state index in [2.05, 4.69) is 136 Å². The van der Waals surface area contributed by atoms with Crippen LogP contribution in [0.2, 0.25) is 0 Å². The number of carbonyl (C=O) groups excluding carboxylic acids is 8. The third kappa shape index (κ3) is 22.6. The van der Waals surface area contributed by atoms with Crippen LogP contribution in [0.1, 0.15) is 175 Å². The number of anilines is 3. The van der Waals surface area contributed by atoms with Gasteiger partial charge in [-0.15, -0.1) is 0 Å². The highest BCUT2D eigenvalue weighted by Gasteiger charge is 2.25. The zero-order valence-electron chi connectivity index (χ0n) is 70.7. The van der Waals surface area contributed by atoms with Crippen LogP contribution in [-0.2, 0) is 25.6 Å². The molecule has 16 heterocycles. The molecule has 20 aromatic rings. The van der Waals surface area contributed by atoms with E-state index in [1.807, 2.05) is 113 Å². The smallest absolute Gasteiger partial charge is 0.250 e. The predicted octanol–water partition coefficient (Wildman–Crippen LogP) is 18.8. The number of amides is 7. The number of H-pyrrole nitrogens is 8. The average molecular weight is 1890 g/mol. The number of para-hydroxylation sites is 4. The number of imidazole rings is 4. The van der Waals surface area contributed by atoms with Gasteiger partial charge in [-0.25, -0.2) is 39.9 Å². The molecule has 0 aliphatic rings. The summed E-state index contributed by atoms with van der Waals surface area (Å²) in [5.74, 6) is -0.0646. The SMILES string of the molecule is C.C.C.C.C.C.C.C.C.CC(C)C(=O)Nc1cncc(-c2cnc3n[nH]c(-c4nc5c(C(N)=O)cccc5[nH]4)c3c2)c1.CC(C)CC(=O)Nc1cncc(-c2cnc3n[nH]c(-c4nc5c(C(N)=O)cccc5[nH]4)c3c2)c1.CCC(=O)Cc1ccc(-c2cnc3n[nH]c(-c4nc5c(C(N)=O)cccc5[nH]4)c3c2)cn1.CCC(=O)Nc1cncc(-c2cnc3n[nH]c(-c4nc5c(C(N)=O)cccc5[nH]4)c3c2)c1. The molecular weight excluding hydrogens is 1780 g/mol. The van der Waals surface area contributed by atoms with E-state index in [0.29, 0.717) is 178 Å². The Hall–Kier alpha value is -18.2. The lowest BCUT2D eigenvalue weighted by molar-refractivity contribution is -0.119. The standard InChI is InChI=1S/C24H22N8O2.C23H20N8O2.C23H19N7O2.C22H18N8O2.9CH4/c1-12(2)6-19(33)28-15-7-13(9-26-11-15)14-8-17-21(31-32-23(17)27-10-14)24-29-18-5-3-4-16(22(25)34)20(18)30-24;1-11(2)23(33)27-14-6-12(8-25-10-14)13-7-16-19(30-31-21(16)26-9-13)22-28-17-5-3-4-15(20(24)32)18(17)29-22;1-2-15(31)9-14-7-6-12(10-25-14)13-8-17-20(29-30-22(17)26-11-13)23-27-18-5-3-4-16(21(24)32)19(18)28-23;1-2-17(31)26-13-6-11(8-24-10-13)12-7-15-19(29-30-21(15)25-9-12)22-27-16-5-3-4-14(20(23)32)18(16)28-22;;;;;;;;;/h3-5,7-12H,6H2,1-2H3,(H2,25,34)(H,28,33)(H,29,30)(H,27,31,32);3-11H,1-2H3,(H2,24,32)(H,27,33)(H,28,29)(H,26,30,31);3-8,10-11H,2,9H2,1H3,(H2,24,32)(H,27,28)(H,26,29,30);3-10H,2H2,1H3,(H2,23,32)(H,26,31)(H,27,28)(H,25,29,30);9*1H4. The van der Waals surface area contributed by atoms with Crippen LogP contribution in [0.25, 0.3) is 179 Å². The molecule has 0 radical (unpaired) electrons. The quantitative estimate of drug-likeness (QED) is 0.0300. The Bertz CT molecular complexity index is 7910. The molecule has 7 amide bonds. The third-order valence-corrected chi connectivity index (χ3v) is 21.1. The zero-order chi connectivity index (χ0) is 91.4. The van der Waals surface area contributed by atoms with Crippen molar-refractivity contribution in [1.82, 2.24) is 121 Å². The molecule has 20 rings (SSSR count). The van der Waals surface area contributed by atoms with Crippen molar-refractivity contribution in [2.45, 2.75) is 134 Å². The van der Waals surface area contributed by atoms with Crippen LogP contribution in [-0.4, -0.2) is 168 Å². The Morgan fingerprint density at radius 2 is 0.621 bits per heavy atom. The van der Waals surface area contributed by atoms with Crippen LogP contribution < -0.4 is 38.9 Å². The number of hydrogen-bond donors (Lipinski definition) is 15. The number of nitrogens with two attached hydrogens (primary N) is 4. The highest BCUT2D eigenvalue weighted by Crippen LogP contribution is 2.37. The number of ketones is 1. The van der Waals surface area contributed by atoms with Gasteiger partial charge in [0.25, 0.3) is 23.6 Å². The topological polar surface area (TPSA) is 609 Å². The summed E-state index contributed by atoms with van der Waals surface area (Å²) in [6.07, 6.45) is 20.1. The van der Waals surface area contributed by atoms with E-state index in [-0.39, 0.29) is 102 Å². The summed E-state index contributed by atoms with van der Waals surface area (Å²) in [5.41, 5.74) is 41.7. The average Bonchev–Trinajstić information content (AvgIpc) is 1.63. The summed E-state index contributed by atoms with van der Waals surface area (Å²) in [6, 6.07) is 37.9. The number of hydrogen-bond acceptors (Lipinski definition) is 24. The normalized spacial score (nSPS) is 10.6. The van der Waals surface area contributed by atoms with Crippen LogP contribution in [0, 0.1) is 11.8 Å². The van der Waals surface area contributed by atoms with Gasteiger partial charge in [-0.2, -0.15) is 20.4 Å². The molecule has 0 unspecified atom stereocenters. The van der Waals surface area contributed by atoms with Crippen LogP contribution >= 0.6 is 0 Å². The molecule has 0 aliphatic carbocycles. The number of aromatic nitrogens is 24. The molecule has 0 aliphatic heterocycles. The Labute approximate surface area is 806 Å². The summed E-state index contributed by atoms with van der Waals surface area (Å²) in [4.78, 5) is 161. The molecule has 140 heavy (non-hydrogen) atoms. The molecule has 19 N–H and O–H groups in total. The van der Waals surface area contributed by atoms with Crippen LogP contribution in [0.3, 0.4) is 0 Å². The third-order valence-electron chi connectivity index (χ3n) is 21.1. The number of Topliss-reactive ketones (excluding diaryl/α,β-unsaturated/α-hetero) is 1. The van der Waals surface area contributed by atoms with Crippen LogP contribution in [0.4, 0.5) is 17.1 Å². The second-order valence-corrected chi connectivity index (χ2v) is 31.1. The van der Waals surface area contributed by atoms with Crippen molar-refractivity contribution in [3.8, 4) is 90.6 Å². The van der Waals surface area contributed by atoms with Gasteiger partial charge in [0.1, 0.15) is 50.6 Å². The number of primary amides is 4. The molecule has 39 heteroatoms. The van der Waals surface area contributed by atoms with Gasteiger partial charge in [-0.05, 0) is 103 Å². The first kappa shape index (κ1) is 107. The Morgan fingerprint density at radius 3 is 0.900 bits per heavy atom. The van der Waals surface area contributed by atoms with Crippen molar-refractivity contribution >= 4 is 152 Å². The number of benzene rings is 4. The van der Waals surface area contributed by atoms with Gasteiger partial charge in [0.05, 0.1) is 102 Å². The fourth-order valence-corrected chi connectivity index (χ4v) is 14.5. The van der Waals surface area contributed by atoms with Gasteiger partial charge in [-0.3, -0.25) is 78.7 Å². The molecule has 722 valence electrons. The first-order valence-electron chi connectivity index (χ1n) is 41.1. The first-order valence-corrected chi connectivity index (χ1v) is 41.1. The van der Waals surface area contributed by atoms with E-state index in [4.69, 9.17) is 22.9 Å². The summed E-state index contributed by atoms with van der Waals surface area (Å²) in [5, 5.41) is 40.5. The number of nitrogens with zero attached hydrogens (tertiary/aromatic N) is 16. The monoisotopic (exact) mass is 1890 g/mol. The van der Waals surface area contributed by atoms with Crippen molar-refractivity contribution < 1.29 is 38.4 Å². The fraction of sp³-hybridized carbons (Fsp3) is 0.208. The molecule has 4 aromatic carbocycles. The lowest BCUT2D eigenvalue weighted by Crippen LogP contribution is -2.17. The largest absolute Gasteiger partial charge is 0.366 e. The predicted molar refractivity (Wildman–Crippen MR) is 553 cm³/mol. The molecule has 0 bridgehead atoms. The summed E-state index contributed by atoms with van der Waals surface area (Å²) in [7, 11) is 0. The Kier molecular flexibility index (Phi) is 35.0. The van der Waals surface area contributed by atoms with Crippen molar-refractivity contribution in [2.24, 2.45) is 34.8 Å². The van der Waals surface area contributed by atoms with Crippen molar-refractivity contribution in [3.63, 3.8) is 0 Å². The van der Waals surface area contributed by atoms with E-state index in [1.54, 1.807) is 124 Å². The summed E-state index contributed by atoms with van der Waals surface area (Å²) in [6.45, 7) is 11.3. The lowest BCUT2D eigenvalue weighted by Gasteiger charge is -2.09. The number of fused-ring (bicyclic) bond motifs is 8.